The van der Waals surface area contributed by atoms with Crippen molar-refractivity contribution in [1.82, 2.24) is 14.6 Å². The molecule has 84 valence electrons. The minimum Gasteiger partial charge on any atom is -0.295 e. The van der Waals surface area contributed by atoms with Gasteiger partial charge in [0.1, 0.15) is 5.82 Å². The smallest absolute Gasteiger partial charge is 0.161 e. The molecule has 0 unspecified atom stereocenters. The van der Waals surface area contributed by atoms with E-state index >= 15 is 0 Å². The molecule has 2 aromatic heterocycles. The molecule has 2 heterocycles. The summed E-state index contributed by atoms with van der Waals surface area (Å²) in [7, 11) is 0. The van der Waals surface area contributed by atoms with E-state index in [2.05, 4.69) is 31.0 Å². The molecule has 0 aliphatic heterocycles. The van der Waals surface area contributed by atoms with E-state index in [4.69, 9.17) is 0 Å². The van der Waals surface area contributed by atoms with Crippen molar-refractivity contribution in [1.29, 1.82) is 0 Å². The Labute approximate surface area is 94.3 Å². The molecule has 0 radical (unpaired) electrons. The Hall–Kier alpha value is -1.71. The molecule has 2 rings (SSSR count). The van der Waals surface area contributed by atoms with Crippen LogP contribution in [0, 0.1) is 0 Å². The van der Waals surface area contributed by atoms with E-state index in [9.17, 15) is 4.79 Å². The molecule has 0 aliphatic rings. The van der Waals surface area contributed by atoms with Gasteiger partial charge < -0.3 is 0 Å². The van der Waals surface area contributed by atoms with E-state index in [1.54, 1.807) is 19.1 Å². The Kier molecular flexibility index (Phi) is 2.30. The van der Waals surface area contributed by atoms with Gasteiger partial charge in [0, 0.05) is 17.2 Å². The number of carbonyl (C=O) groups is 1. The molecule has 0 aliphatic carbocycles. The van der Waals surface area contributed by atoms with Gasteiger partial charge in [0.15, 0.2) is 11.4 Å². The minimum atomic E-state index is -0.0584. The molecule has 0 saturated heterocycles. The van der Waals surface area contributed by atoms with E-state index in [-0.39, 0.29) is 11.2 Å². The van der Waals surface area contributed by atoms with Gasteiger partial charge in [0.25, 0.3) is 0 Å². The van der Waals surface area contributed by atoms with Crippen molar-refractivity contribution < 1.29 is 4.79 Å². The van der Waals surface area contributed by atoms with E-state index in [0.717, 1.165) is 11.5 Å². The third kappa shape index (κ3) is 1.71. The predicted octanol–water partition coefficient (Wildman–Crippen LogP) is 2.23. The molecule has 0 N–H and O–H groups in total. The summed E-state index contributed by atoms with van der Waals surface area (Å²) in [6, 6.07) is 3.57. The zero-order chi connectivity index (χ0) is 11.9. The first-order valence-electron chi connectivity index (χ1n) is 5.26. The fourth-order valence-electron chi connectivity index (χ4n) is 1.62. The average molecular weight is 217 g/mol. The van der Waals surface area contributed by atoms with Crippen LogP contribution in [-0.4, -0.2) is 20.4 Å². The molecular formula is C12H15N3O. The van der Waals surface area contributed by atoms with Gasteiger partial charge >= 0.3 is 0 Å². The number of fused-ring (bicyclic) bond motifs is 1. The fourth-order valence-corrected chi connectivity index (χ4v) is 1.62. The lowest BCUT2D eigenvalue weighted by Gasteiger charge is -2.15. The second-order valence-electron chi connectivity index (χ2n) is 4.97. The summed E-state index contributed by atoms with van der Waals surface area (Å²) in [5.41, 5.74) is 1.33. The standard InChI is InChI=1S/C12H15N3O/c1-8(16)9-5-6-15-10(7-9)13-14-11(15)12(2,3)4/h5-7H,1-4H3. The van der Waals surface area contributed by atoms with Gasteiger partial charge in [-0.1, -0.05) is 20.8 Å². The highest BCUT2D eigenvalue weighted by molar-refractivity contribution is 5.94. The Morgan fingerprint density at radius 1 is 1.31 bits per heavy atom. The number of Topliss-reactive ketones (excluding diaryl/α,β-unsaturated/α-hetero) is 1. The molecule has 0 saturated carbocycles. The maximum Gasteiger partial charge on any atom is 0.161 e. The molecule has 0 aromatic carbocycles. The lowest BCUT2D eigenvalue weighted by atomic mass is 9.96. The molecule has 0 spiro atoms. The second kappa shape index (κ2) is 3.40. The Morgan fingerprint density at radius 2 is 2.00 bits per heavy atom. The quantitative estimate of drug-likeness (QED) is 0.688. The summed E-state index contributed by atoms with van der Waals surface area (Å²) in [4.78, 5) is 11.2. The zero-order valence-corrected chi connectivity index (χ0v) is 9.98. The van der Waals surface area contributed by atoms with Crippen molar-refractivity contribution in [3.05, 3.63) is 29.7 Å². The lowest BCUT2D eigenvalue weighted by molar-refractivity contribution is 0.101. The molecule has 16 heavy (non-hydrogen) atoms. The number of ketones is 1. The van der Waals surface area contributed by atoms with Crippen LogP contribution in [0.1, 0.15) is 43.9 Å². The van der Waals surface area contributed by atoms with Gasteiger partial charge in [0.2, 0.25) is 0 Å². The summed E-state index contributed by atoms with van der Waals surface area (Å²) in [6.45, 7) is 7.81. The summed E-state index contributed by atoms with van der Waals surface area (Å²) >= 11 is 0. The SMILES string of the molecule is CC(=O)c1ccn2c(C(C)(C)C)nnc2c1. The number of pyridine rings is 1. The van der Waals surface area contributed by atoms with Crippen LogP contribution in [0.3, 0.4) is 0 Å². The highest BCUT2D eigenvalue weighted by Crippen LogP contribution is 2.21. The average Bonchev–Trinajstić information content (AvgIpc) is 2.58. The largest absolute Gasteiger partial charge is 0.295 e. The zero-order valence-electron chi connectivity index (χ0n) is 9.98. The number of hydrogen-bond acceptors (Lipinski definition) is 3. The molecule has 0 atom stereocenters. The molecule has 2 aromatic rings. The molecule has 4 nitrogen and oxygen atoms in total. The maximum atomic E-state index is 11.2. The van der Waals surface area contributed by atoms with Crippen LogP contribution in [0.2, 0.25) is 0 Å². The van der Waals surface area contributed by atoms with E-state index in [1.807, 2.05) is 10.6 Å². The molecule has 0 fully saturated rings. The molecule has 0 amide bonds. The van der Waals surface area contributed by atoms with Crippen molar-refractivity contribution >= 4 is 11.4 Å². The van der Waals surface area contributed by atoms with Gasteiger partial charge in [-0.3, -0.25) is 9.20 Å². The van der Waals surface area contributed by atoms with Crippen molar-refractivity contribution in [3.8, 4) is 0 Å². The number of rotatable bonds is 1. The van der Waals surface area contributed by atoms with Gasteiger partial charge in [-0.25, -0.2) is 0 Å². The van der Waals surface area contributed by atoms with Gasteiger partial charge in [-0.2, -0.15) is 0 Å². The Balaban J connectivity index is 2.64. The number of hydrogen-bond donors (Lipinski definition) is 0. The van der Waals surface area contributed by atoms with Crippen LogP contribution in [0.15, 0.2) is 18.3 Å². The molecular weight excluding hydrogens is 202 g/mol. The summed E-state index contributed by atoms with van der Waals surface area (Å²) in [5, 5.41) is 8.26. The third-order valence-corrected chi connectivity index (χ3v) is 2.49. The monoisotopic (exact) mass is 217 g/mol. The van der Waals surface area contributed by atoms with Gasteiger partial charge in [-0.15, -0.1) is 10.2 Å². The third-order valence-electron chi connectivity index (χ3n) is 2.49. The Morgan fingerprint density at radius 3 is 2.56 bits per heavy atom. The van der Waals surface area contributed by atoms with E-state index < -0.39 is 0 Å². The van der Waals surface area contributed by atoms with Crippen LogP contribution in [0.25, 0.3) is 5.65 Å². The molecule has 0 bridgehead atoms. The summed E-state index contributed by atoms with van der Waals surface area (Å²) < 4.78 is 1.92. The van der Waals surface area contributed by atoms with Crippen molar-refractivity contribution in [2.24, 2.45) is 0 Å². The highest BCUT2D eigenvalue weighted by Gasteiger charge is 2.20. The number of nitrogens with zero attached hydrogens (tertiary/aromatic N) is 3. The highest BCUT2D eigenvalue weighted by atomic mass is 16.1. The van der Waals surface area contributed by atoms with Crippen molar-refractivity contribution in [2.75, 3.05) is 0 Å². The number of aromatic nitrogens is 3. The van der Waals surface area contributed by atoms with Crippen molar-refractivity contribution in [2.45, 2.75) is 33.1 Å². The van der Waals surface area contributed by atoms with Crippen LogP contribution in [0.5, 0.6) is 0 Å². The van der Waals surface area contributed by atoms with Gasteiger partial charge in [0.05, 0.1) is 0 Å². The normalized spacial score (nSPS) is 12.0. The van der Waals surface area contributed by atoms with E-state index in [0.29, 0.717) is 5.56 Å². The second-order valence-corrected chi connectivity index (χ2v) is 4.97. The predicted molar refractivity (Wildman–Crippen MR) is 61.7 cm³/mol. The van der Waals surface area contributed by atoms with Crippen LogP contribution in [-0.2, 0) is 5.41 Å². The first-order valence-corrected chi connectivity index (χ1v) is 5.26. The first-order chi connectivity index (χ1) is 7.39. The van der Waals surface area contributed by atoms with Crippen LogP contribution >= 0.6 is 0 Å². The van der Waals surface area contributed by atoms with Gasteiger partial charge in [-0.05, 0) is 19.1 Å². The van der Waals surface area contributed by atoms with Crippen LogP contribution in [0.4, 0.5) is 0 Å². The first kappa shape index (κ1) is 10.8. The fraction of sp³-hybridized carbons (Fsp3) is 0.417. The van der Waals surface area contributed by atoms with Crippen molar-refractivity contribution in [3.63, 3.8) is 0 Å². The Bertz CT molecular complexity index is 549. The minimum absolute atomic E-state index is 0.0443. The molecule has 4 heteroatoms. The lowest BCUT2D eigenvalue weighted by Crippen LogP contribution is -2.15. The summed E-state index contributed by atoms with van der Waals surface area (Å²) in [5.74, 6) is 0.945. The van der Waals surface area contributed by atoms with Crippen LogP contribution < -0.4 is 0 Å². The van der Waals surface area contributed by atoms with E-state index in [1.165, 1.54) is 0 Å². The maximum absolute atomic E-state index is 11.2. The number of carbonyl (C=O) groups excluding carboxylic acids is 1. The summed E-state index contributed by atoms with van der Waals surface area (Å²) in [6.07, 6.45) is 1.85. The topological polar surface area (TPSA) is 47.3 Å².